The second-order valence-corrected chi connectivity index (χ2v) is 10.1. The van der Waals surface area contributed by atoms with Gasteiger partial charge in [-0.2, -0.15) is 11.8 Å². The number of hydrogen-bond acceptors (Lipinski definition) is 5. The lowest BCUT2D eigenvalue weighted by atomic mass is 9.94. The number of thioether (sulfide) groups is 1. The second kappa shape index (κ2) is 9.98. The Bertz CT molecular complexity index is 964. The van der Waals surface area contributed by atoms with Crippen LogP contribution in [0.15, 0.2) is 54.7 Å². The Labute approximate surface area is 189 Å². The van der Waals surface area contributed by atoms with Gasteiger partial charge in [-0.15, -0.1) is 0 Å². The van der Waals surface area contributed by atoms with E-state index in [4.69, 9.17) is 4.74 Å². The van der Waals surface area contributed by atoms with Gasteiger partial charge in [-0.05, 0) is 56.2 Å². The first-order valence-corrected chi connectivity index (χ1v) is 12.2. The number of fused-ring (bicyclic) bond motifs is 1. The molecule has 1 aromatic heterocycles. The molecule has 1 aliphatic heterocycles. The van der Waals surface area contributed by atoms with Gasteiger partial charge in [0.25, 0.3) is 0 Å². The van der Waals surface area contributed by atoms with Crippen molar-refractivity contribution in [3.05, 3.63) is 60.3 Å². The lowest BCUT2D eigenvalue weighted by Gasteiger charge is -2.28. The van der Waals surface area contributed by atoms with Crippen LogP contribution in [0.5, 0.6) is 5.75 Å². The van der Waals surface area contributed by atoms with E-state index in [1.807, 2.05) is 30.0 Å². The fraction of sp³-hybridized carbons (Fsp3) is 0.440. The Morgan fingerprint density at radius 3 is 2.65 bits per heavy atom. The number of para-hydroxylation sites is 1. The number of aromatic nitrogens is 1. The third-order valence-electron chi connectivity index (χ3n) is 5.78. The van der Waals surface area contributed by atoms with Crippen molar-refractivity contribution in [1.29, 1.82) is 0 Å². The summed E-state index contributed by atoms with van der Waals surface area (Å²) < 4.78 is 5.82. The number of aromatic amines is 1. The molecule has 166 valence electrons. The molecule has 6 heteroatoms. The minimum atomic E-state index is -0.568. The number of rotatable bonds is 9. The molecule has 0 amide bonds. The number of benzene rings is 2. The second-order valence-electron chi connectivity index (χ2n) is 8.86. The SMILES string of the molecule is CC(C)(Cc1c[nH]c2ccccc12)NC[C@H](O)COc1ccc(N2CCSCC2)cc1. The smallest absolute Gasteiger partial charge is 0.119 e. The predicted molar refractivity (Wildman–Crippen MR) is 132 cm³/mol. The molecule has 2 aromatic carbocycles. The van der Waals surface area contributed by atoms with Crippen LogP contribution in [0.1, 0.15) is 19.4 Å². The number of nitrogens with zero attached hydrogens (tertiary/aromatic N) is 1. The van der Waals surface area contributed by atoms with E-state index in [0.717, 1.165) is 30.8 Å². The highest BCUT2D eigenvalue weighted by molar-refractivity contribution is 7.99. The maximum Gasteiger partial charge on any atom is 0.119 e. The van der Waals surface area contributed by atoms with Gasteiger partial charge in [-0.3, -0.25) is 0 Å². The van der Waals surface area contributed by atoms with E-state index >= 15 is 0 Å². The molecule has 1 fully saturated rings. The van der Waals surface area contributed by atoms with Crippen molar-refractivity contribution in [3.63, 3.8) is 0 Å². The first-order valence-electron chi connectivity index (χ1n) is 11.0. The summed E-state index contributed by atoms with van der Waals surface area (Å²) in [6.45, 7) is 7.29. The molecule has 1 atom stereocenters. The average Bonchev–Trinajstić information content (AvgIpc) is 3.19. The summed E-state index contributed by atoms with van der Waals surface area (Å²) in [7, 11) is 0. The summed E-state index contributed by atoms with van der Waals surface area (Å²) in [5, 5.41) is 15.2. The van der Waals surface area contributed by atoms with Gasteiger partial charge in [0.2, 0.25) is 0 Å². The summed E-state index contributed by atoms with van der Waals surface area (Å²) in [5.74, 6) is 3.18. The highest BCUT2D eigenvalue weighted by atomic mass is 32.2. The molecule has 1 saturated heterocycles. The fourth-order valence-electron chi connectivity index (χ4n) is 4.04. The van der Waals surface area contributed by atoms with Crippen LogP contribution in [0.3, 0.4) is 0 Å². The zero-order valence-corrected chi connectivity index (χ0v) is 19.3. The van der Waals surface area contributed by atoms with Crippen molar-refractivity contribution >= 4 is 28.4 Å². The van der Waals surface area contributed by atoms with Gasteiger partial charge in [0.15, 0.2) is 0 Å². The molecular formula is C25H33N3O2S. The van der Waals surface area contributed by atoms with Crippen LogP contribution in [0.4, 0.5) is 5.69 Å². The van der Waals surface area contributed by atoms with Gasteiger partial charge in [0.1, 0.15) is 18.5 Å². The van der Waals surface area contributed by atoms with E-state index < -0.39 is 6.10 Å². The first kappa shape index (κ1) is 22.1. The number of β-amino-alcohol motifs (C(OH)–C–C–N with tert-alkyl or cyclic N) is 1. The Morgan fingerprint density at radius 1 is 1.13 bits per heavy atom. The number of H-pyrrole nitrogens is 1. The zero-order valence-electron chi connectivity index (χ0n) is 18.4. The third-order valence-corrected chi connectivity index (χ3v) is 6.72. The molecule has 5 nitrogen and oxygen atoms in total. The Morgan fingerprint density at radius 2 is 1.87 bits per heavy atom. The molecule has 0 bridgehead atoms. The van der Waals surface area contributed by atoms with Crippen molar-refractivity contribution in [3.8, 4) is 5.75 Å². The lowest BCUT2D eigenvalue weighted by Crippen LogP contribution is -2.46. The summed E-state index contributed by atoms with van der Waals surface area (Å²) in [6, 6.07) is 16.6. The maximum absolute atomic E-state index is 10.4. The molecule has 0 radical (unpaired) electrons. The van der Waals surface area contributed by atoms with Gasteiger partial charge in [0.05, 0.1) is 0 Å². The molecular weight excluding hydrogens is 406 g/mol. The zero-order chi connectivity index (χ0) is 21.7. The van der Waals surface area contributed by atoms with Crippen LogP contribution in [0.25, 0.3) is 10.9 Å². The largest absolute Gasteiger partial charge is 0.491 e. The minimum absolute atomic E-state index is 0.139. The molecule has 0 unspecified atom stereocenters. The quantitative estimate of drug-likeness (QED) is 0.469. The van der Waals surface area contributed by atoms with Crippen molar-refractivity contribution in [2.75, 3.05) is 42.6 Å². The number of ether oxygens (including phenoxy) is 1. The van der Waals surface area contributed by atoms with E-state index in [9.17, 15) is 5.11 Å². The van der Waals surface area contributed by atoms with Crippen molar-refractivity contribution in [2.45, 2.75) is 31.9 Å². The molecule has 1 aliphatic rings. The van der Waals surface area contributed by atoms with Crippen molar-refractivity contribution < 1.29 is 9.84 Å². The summed E-state index contributed by atoms with van der Waals surface area (Å²) in [5.41, 5.74) is 3.55. The molecule has 31 heavy (non-hydrogen) atoms. The molecule has 3 aromatic rings. The Balaban J connectivity index is 1.23. The highest BCUT2D eigenvalue weighted by Gasteiger charge is 2.21. The molecule has 4 rings (SSSR count). The van der Waals surface area contributed by atoms with Crippen LogP contribution in [0.2, 0.25) is 0 Å². The summed E-state index contributed by atoms with van der Waals surface area (Å²) in [4.78, 5) is 5.75. The van der Waals surface area contributed by atoms with Gasteiger partial charge < -0.3 is 25.0 Å². The third kappa shape index (κ3) is 5.97. The van der Waals surface area contributed by atoms with Crippen LogP contribution >= 0.6 is 11.8 Å². The Hall–Kier alpha value is -2.15. The molecule has 0 aliphatic carbocycles. The Kier molecular flexibility index (Phi) is 7.10. The highest BCUT2D eigenvalue weighted by Crippen LogP contribution is 2.23. The molecule has 3 N–H and O–H groups in total. The van der Waals surface area contributed by atoms with Crippen molar-refractivity contribution in [1.82, 2.24) is 10.3 Å². The van der Waals surface area contributed by atoms with Crippen LogP contribution < -0.4 is 15.0 Å². The van der Waals surface area contributed by atoms with E-state index in [1.54, 1.807) is 0 Å². The summed E-state index contributed by atoms with van der Waals surface area (Å²) in [6.07, 6.45) is 2.39. The standard InChI is InChI=1S/C25H33N3O2S/c1-25(2,15-19-16-26-24-6-4-3-5-23(19)24)27-17-21(29)18-30-22-9-7-20(8-10-22)28-11-13-31-14-12-28/h3-10,16,21,26-27,29H,11-15,17-18H2,1-2H3/t21-/m0/s1. The molecule has 2 heterocycles. The number of aliphatic hydroxyl groups is 1. The van der Waals surface area contributed by atoms with Gasteiger partial charge in [-0.1, -0.05) is 18.2 Å². The average molecular weight is 440 g/mol. The van der Waals surface area contributed by atoms with E-state index in [1.165, 1.54) is 28.1 Å². The van der Waals surface area contributed by atoms with Gasteiger partial charge >= 0.3 is 0 Å². The fourth-order valence-corrected chi connectivity index (χ4v) is 4.94. The lowest BCUT2D eigenvalue weighted by molar-refractivity contribution is 0.0989. The number of anilines is 1. The molecule has 0 spiro atoms. The first-order chi connectivity index (χ1) is 15.0. The normalized spacial score (nSPS) is 15.9. The number of nitrogens with one attached hydrogen (secondary N) is 2. The van der Waals surface area contributed by atoms with E-state index in [-0.39, 0.29) is 12.1 Å². The topological polar surface area (TPSA) is 60.5 Å². The van der Waals surface area contributed by atoms with Crippen LogP contribution in [0, 0.1) is 0 Å². The van der Waals surface area contributed by atoms with Crippen molar-refractivity contribution in [2.24, 2.45) is 0 Å². The van der Waals surface area contributed by atoms with E-state index in [2.05, 4.69) is 65.6 Å². The minimum Gasteiger partial charge on any atom is -0.491 e. The predicted octanol–water partition coefficient (Wildman–Crippen LogP) is 4.07. The van der Waals surface area contributed by atoms with Crippen LogP contribution in [-0.2, 0) is 6.42 Å². The molecule has 0 saturated carbocycles. The number of hydrogen-bond donors (Lipinski definition) is 3. The van der Waals surface area contributed by atoms with Crippen LogP contribution in [-0.4, -0.2) is 59.5 Å². The summed E-state index contributed by atoms with van der Waals surface area (Å²) >= 11 is 2.01. The van der Waals surface area contributed by atoms with Gasteiger partial charge in [-0.25, -0.2) is 0 Å². The number of aliphatic hydroxyl groups excluding tert-OH is 1. The van der Waals surface area contributed by atoms with Gasteiger partial charge in [0, 0.05) is 59.5 Å². The van der Waals surface area contributed by atoms with E-state index in [0.29, 0.717) is 6.54 Å². The monoisotopic (exact) mass is 439 g/mol. The maximum atomic E-state index is 10.4.